The fourth-order valence-corrected chi connectivity index (χ4v) is 3.02. The minimum atomic E-state index is -0.787. The standard InChI is InChI=1S/C20H26N2O3/c1-4-5-13-25-17-11-10-16(15-7-6-12-21-18(15)17)22-19(23)20(2,24-3)14-8-9-14/h6-7,10-12,14H,4-5,8-9,13H2,1-3H3,(H,22,23)/t20-/m0/s1. The Morgan fingerprint density at radius 1 is 1.36 bits per heavy atom. The molecule has 1 aromatic heterocycles. The predicted molar refractivity (Wildman–Crippen MR) is 98.9 cm³/mol. The zero-order chi connectivity index (χ0) is 17.9. The largest absolute Gasteiger partial charge is 0.491 e. The number of ether oxygens (including phenoxy) is 2. The third-order valence-corrected chi connectivity index (χ3v) is 4.97. The number of unbranched alkanes of at least 4 members (excludes halogenated alkanes) is 1. The maximum atomic E-state index is 12.8. The van der Waals surface area contributed by atoms with Crippen LogP contribution in [-0.2, 0) is 9.53 Å². The molecule has 1 aromatic carbocycles. The van der Waals surface area contributed by atoms with Crippen LogP contribution in [0.4, 0.5) is 5.69 Å². The molecule has 0 spiro atoms. The Balaban J connectivity index is 1.87. The first-order chi connectivity index (χ1) is 12.1. The van der Waals surface area contributed by atoms with Gasteiger partial charge in [-0.1, -0.05) is 13.3 Å². The van der Waals surface area contributed by atoms with Crippen molar-refractivity contribution in [2.24, 2.45) is 5.92 Å². The van der Waals surface area contributed by atoms with Crippen LogP contribution in [0.1, 0.15) is 39.5 Å². The lowest BCUT2D eigenvalue weighted by atomic mass is 9.98. The van der Waals surface area contributed by atoms with Crippen molar-refractivity contribution < 1.29 is 14.3 Å². The molecule has 3 rings (SSSR count). The van der Waals surface area contributed by atoms with E-state index in [0.29, 0.717) is 12.5 Å². The number of amides is 1. The molecule has 0 unspecified atom stereocenters. The summed E-state index contributed by atoms with van der Waals surface area (Å²) in [6.45, 7) is 4.66. The number of fused-ring (bicyclic) bond motifs is 1. The Morgan fingerprint density at radius 2 is 2.16 bits per heavy atom. The first-order valence-corrected chi connectivity index (χ1v) is 8.97. The Hall–Kier alpha value is -2.14. The molecule has 1 N–H and O–H groups in total. The molecule has 2 aromatic rings. The lowest BCUT2D eigenvalue weighted by Gasteiger charge is -2.27. The highest BCUT2D eigenvalue weighted by Crippen LogP contribution is 2.42. The van der Waals surface area contributed by atoms with Crippen molar-refractivity contribution in [3.8, 4) is 5.75 Å². The van der Waals surface area contributed by atoms with E-state index in [1.54, 1.807) is 13.3 Å². The van der Waals surface area contributed by atoms with Gasteiger partial charge in [-0.2, -0.15) is 0 Å². The topological polar surface area (TPSA) is 60.5 Å². The number of carbonyl (C=O) groups is 1. The van der Waals surface area contributed by atoms with Gasteiger partial charge in [-0.15, -0.1) is 0 Å². The minimum Gasteiger partial charge on any atom is -0.491 e. The molecule has 1 amide bonds. The molecule has 134 valence electrons. The van der Waals surface area contributed by atoms with E-state index >= 15 is 0 Å². The first kappa shape index (κ1) is 17.7. The normalized spacial score (nSPS) is 16.4. The fraction of sp³-hybridized carbons (Fsp3) is 0.500. The van der Waals surface area contributed by atoms with Gasteiger partial charge in [0, 0.05) is 18.7 Å². The Labute approximate surface area is 148 Å². The molecule has 1 heterocycles. The second-order valence-corrected chi connectivity index (χ2v) is 6.75. The van der Waals surface area contributed by atoms with Crippen molar-refractivity contribution in [2.45, 2.75) is 45.1 Å². The van der Waals surface area contributed by atoms with E-state index in [0.717, 1.165) is 48.0 Å². The number of methoxy groups -OCH3 is 1. The fourth-order valence-electron chi connectivity index (χ4n) is 3.02. The molecular formula is C20H26N2O3. The van der Waals surface area contributed by atoms with Crippen LogP contribution in [0.2, 0.25) is 0 Å². The van der Waals surface area contributed by atoms with Crippen LogP contribution in [-0.4, -0.2) is 30.2 Å². The molecular weight excluding hydrogens is 316 g/mol. The lowest BCUT2D eigenvalue weighted by Crippen LogP contribution is -2.44. The molecule has 0 saturated heterocycles. The van der Waals surface area contributed by atoms with E-state index < -0.39 is 5.60 Å². The third kappa shape index (κ3) is 3.61. The van der Waals surface area contributed by atoms with Crippen molar-refractivity contribution in [3.05, 3.63) is 30.5 Å². The van der Waals surface area contributed by atoms with Crippen LogP contribution in [0, 0.1) is 5.92 Å². The van der Waals surface area contributed by atoms with Crippen LogP contribution in [0.25, 0.3) is 10.9 Å². The van der Waals surface area contributed by atoms with Gasteiger partial charge in [-0.3, -0.25) is 9.78 Å². The van der Waals surface area contributed by atoms with Crippen molar-refractivity contribution in [1.29, 1.82) is 0 Å². The number of carbonyl (C=O) groups excluding carboxylic acids is 1. The minimum absolute atomic E-state index is 0.109. The molecule has 1 aliphatic carbocycles. The smallest absolute Gasteiger partial charge is 0.256 e. The Bertz CT molecular complexity index is 758. The number of anilines is 1. The average Bonchev–Trinajstić information content (AvgIpc) is 3.48. The first-order valence-electron chi connectivity index (χ1n) is 8.97. The number of rotatable bonds is 8. The molecule has 0 radical (unpaired) electrons. The van der Waals surface area contributed by atoms with E-state index in [1.807, 2.05) is 31.2 Å². The van der Waals surface area contributed by atoms with Gasteiger partial charge in [-0.25, -0.2) is 0 Å². The van der Waals surface area contributed by atoms with Crippen LogP contribution in [0.15, 0.2) is 30.5 Å². The van der Waals surface area contributed by atoms with Gasteiger partial charge in [0.25, 0.3) is 5.91 Å². The van der Waals surface area contributed by atoms with Crippen LogP contribution >= 0.6 is 0 Å². The molecule has 5 nitrogen and oxygen atoms in total. The zero-order valence-electron chi connectivity index (χ0n) is 15.2. The average molecular weight is 342 g/mol. The summed E-state index contributed by atoms with van der Waals surface area (Å²) in [5.74, 6) is 0.930. The van der Waals surface area contributed by atoms with Crippen LogP contribution in [0.5, 0.6) is 5.75 Å². The van der Waals surface area contributed by atoms with E-state index in [4.69, 9.17) is 9.47 Å². The van der Waals surface area contributed by atoms with Gasteiger partial charge in [0.2, 0.25) is 0 Å². The summed E-state index contributed by atoms with van der Waals surface area (Å²) < 4.78 is 11.4. The van der Waals surface area contributed by atoms with Gasteiger partial charge in [0.05, 0.1) is 12.3 Å². The van der Waals surface area contributed by atoms with E-state index in [9.17, 15) is 4.79 Å². The van der Waals surface area contributed by atoms with Gasteiger partial charge >= 0.3 is 0 Å². The summed E-state index contributed by atoms with van der Waals surface area (Å²) in [6.07, 6.45) is 5.88. The summed E-state index contributed by atoms with van der Waals surface area (Å²) >= 11 is 0. The van der Waals surface area contributed by atoms with Crippen molar-refractivity contribution in [3.63, 3.8) is 0 Å². The molecule has 0 bridgehead atoms. The van der Waals surface area contributed by atoms with Gasteiger partial charge in [-0.05, 0) is 56.4 Å². The molecule has 0 aliphatic heterocycles. The van der Waals surface area contributed by atoms with Gasteiger partial charge < -0.3 is 14.8 Å². The second-order valence-electron chi connectivity index (χ2n) is 6.75. The molecule has 25 heavy (non-hydrogen) atoms. The summed E-state index contributed by atoms with van der Waals surface area (Å²) in [6, 6.07) is 7.57. The van der Waals surface area contributed by atoms with E-state index in [1.165, 1.54) is 0 Å². The Kier molecular flexibility index (Phi) is 5.23. The maximum Gasteiger partial charge on any atom is 0.256 e. The second kappa shape index (κ2) is 7.40. The molecule has 1 atom stereocenters. The van der Waals surface area contributed by atoms with Crippen molar-refractivity contribution >= 4 is 22.5 Å². The van der Waals surface area contributed by atoms with Gasteiger partial charge in [0.1, 0.15) is 16.9 Å². The maximum absolute atomic E-state index is 12.8. The summed E-state index contributed by atoms with van der Waals surface area (Å²) in [5, 5.41) is 3.91. The lowest BCUT2D eigenvalue weighted by molar-refractivity contribution is -0.138. The van der Waals surface area contributed by atoms with Crippen LogP contribution < -0.4 is 10.1 Å². The summed E-state index contributed by atoms with van der Waals surface area (Å²) in [5.41, 5.74) is 0.715. The van der Waals surface area contributed by atoms with E-state index in [-0.39, 0.29) is 5.91 Å². The highest BCUT2D eigenvalue weighted by molar-refractivity contribution is 6.05. The molecule has 1 fully saturated rings. The predicted octanol–water partition coefficient (Wildman–Crippen LogP) is 4.17. The number of aromatic nitrogens is 1. The van der Waals surface area contributed by atoms with Crippen molar-refractivity contribution in [2.75, 3.05) is 19.0 Å². The highest BCUT2D eigenvalue weighted by Gasteiger charge is 2.47. The SMILES string of the molecule is CCCCOc1ccc(NC(=O)[C@@](C)(OC)C2CC2)c2cccnc12. The zero-order valence-corrected chi connectivity index (χ0v) is 15.2. The number of nitrogens with zero attached hydrogens (tertiary/aromatic N) is 1. The number of benzene rings is 1. The molecule has 1 saturated carbocycles. The molecule has 1 aliphatic rings. The third-order valence-electron chi connectivity index (χ3n) is 4.97. The van der Waals surface area contributed by atoms with Crippen LogP contribution in [0.3, 0.4) is 0 Å². The monoisotopic (exact) mass is 342 g/mol. The van der Waals surface area contributed by atoms with Gasteiger partial charge in [0.15, 0.2) is 0 Å². The summed E-state index contributed by atoms with van der Waals surface area (Å²) in [7, 11) is 1.60. The highest BCUT2D eigenvalue weighted by atomic mass is 16.5. The number of nitrogens with one attached hydrogen (secondary N) is 1. The quantitative estimate of drug-likeness (QED) is 0.732. The number of pyridine rings is 1. The summed E-state index contributed by atoms with van der Waals surface area (Å²) in [4.78, 5) is 17.2. The Morgan fingerprint density at radius 3 is 2.84 bits per heavy atom. The van der Waals surface area contributed by atoms with E-state index in [2.05, 4.69) is 17.2 Å². The van der Waals surface area contributed by atoms with Crippen molar-refractivity contribution in [1.82, 2.24) is 4.98 Å². The molecule has 5 heteroatoms. The number of hydrogen-bond donors (Lipinski definition) is 1. The number of hydrogen-bond acceptors (Lipinski definition) is 4.